The molecule has 0 saturated heterocycles. The lowest BCUT2D eigenvalue weighted by atomic mass is 9.65. The van der Waals surface area contributed by atoms with Crippen molar-refractivity contribution in [3.63, 3.8) is 0 Å². The Hall–Kier alpha value is -2.17. The Bertz CT molecular complexity index is 1280. The van der Waals surface area contributed by atoms with E-state index in [0.29, 0.717) is 43.0 Å². The predicted octanol–water partition coefficient (Wildman–Crippen LogP) is 6.92. The van der Waals surface area contributed by atoms with Gasteiger partial charge >= 0.3 is 0 Å². The van der Waals surface area contributed by atoms with E-state index in [9.17, 15) is 14.1 Å². The summed E-state index contributed by atoms with van der Waals surface area (Å²) in [5, 5.41) is 18.3. The quantitative estimate of drug-likeness (QED) is 0.175. The SMILES string of the molecule is CCCCC(CO)C1CCC1CN1CC(c2ccc(Cl)cc2CCC)COc2ccc(C(=O)NS(=O)C(C)CCOC)cc21.CCO. The molecule has 1 aliphatic carbocycles. The Balaban J connectivity index is 0.00000192. The molecule has 2 aromatic rings. The van der Waals surface area contributed by atoms with Gasteiger partial charge in [-0.1, -0.05) is 50.8 Å². The van der Waals surface area contributed by atoms with Crippen molar-refractivity contribution in [3.8, 4) is 5.75 Å². The van der Waals surface area contributed by atoms with Crippen LogP contribution in [0.3, 0.4) is 0 Å². The first-order valence-electron chi connectivity index (χ1n) is 17.4. The van der Waals surface area contributed by atoms with E-state index in [4.69, 9.17) is 26.2 Å². The van der Waals surface area contributed by atoms with E-state index in [1.54, 1.807) is 20.1 Å². The molecule has 1 fully saturated rings. The number of carbonyl (C=O) groups is 1. The van der Waals surface area contributed by atoms with Crippen molar-refractivity contribution in [2.45, 2.75) is 90.2 Å². The van der Waals surface area contributed by atoms with Crippen molar-refractivity contribution in [1.29, 1.82) is 0 Å². The first-order chi connectivity index (χ1) is 22.7. The van der Waals surface area contributed by atoms with Crippen LogP contribution in [0.2, 0.25) is 5.02 Å². The summed E-state index contributed by atoms with van der Waals surface area (Å²) in [6.07, 6.45) is 8.18. The number of aliphatic hydroxyl groups excluding tert-OH is 2. The summed E-state index contributed by atoms with van der Waals surface area (Å²) in [6, 6.07) is 11.7. The molecule has 3 N–H and O–H groups in total. The molecule has 8 nitrogen and oxygen atoms in total. The molecule has 47 heavy (non-hydrogen) atoms. The van der Waals surface area contributed by atoms with E-state index >= 15 is 0 Å². The fourth-order valence-corrected chi connectivity index (χ4v) is 7.74. The van der Waals surface area contributed by atoms with Gasteiger partial charge in [0.2, 0.25) is 0 Å². The normalized spacial score (nSPS) is 20.8. The van der Waals surface area contributed by atoms with E-state index in [1.807, 2.05) is 25.1 Å². The van der Waals surface area contributed by atoms with Crippen LogP contribution in [0.25, 0.3) is 0 Å². The number of hydrogen-bond acceptors (Lipinski definition) is 7. The fourth-order valence-electron chi connectivity index (χ4n) is 6.73. The molecule has 10 heteroatoms. The van der Waals surface area contributed by atoms with E-state index in [1.165, 1.54) is 11.1 Å². The topological polar surface area (TPSA) is 108 Å². The van der Waals surface area contributed by atoms with Crippen LogP contribution >= 0.6 is 11.6 Å². The van der Waals surface area contributed by atoms with Gasteiger partial charge in [-0.25, -0.2) is 4.21 Å². The second kappa shape index (κ2) is 20.4. The number of fused-ring (bicyclic) bond motifs is 1. The van der Waals surface area contributed by atoms with Gasteiger partial charge in [0.05, 0.1) is 17.5 Å². The highest BCUT2D eigenvalue weighted by Crippen LogP contribution is 2.44. The van der Waals surface area contributed by atoms with Crippen molar-refractivity contribution >= 4 is 34.2 Å². The monoisotopic (exact) mass is 692 g/mol. The molecule has 0 spiro atoms. The Kier molecular flexibility index (Phi) is 17.0. The molecule has 4 rings (SSSR count). The number of nitrogens with one attached hydrogen (secondary N) is 1. The Morgan fingerprint density at radius 3 is 2.53 bits per heavy atom. The summed E-state index contributed by atoms with van der Waals surface area (Å²) < 4.78 is 27.1. The molecule has 1 amide bonds. The summed E-state index contributed by atoms with van der Waals surface area (Å²) in [5.41, 5.74) is 3.87. The van der Waals surface area contributed by atoms with E-state index < -0.39 is 11.0 Å². The second-order valence-electron chi connectivity index (χ2n) is 12.9. The average molecular weight is 693 g/mol. The lowest BCUT2D eigenvalue weighted by Gasteiger charge is -2.44. The number of ether oxygens (including phenoxy) is 2. The van der Waals surface area contributed by atoms with E-state index in [-0.39, 0.29) is 30.3 Å². The highest BCUT2D eigenvalue weighted by atomic mass is 35.5. The van der Waals surface area contributed by atoms with Crippen LogP contribution in [0.4, 0.5) is 5.69 Å². The van der Waals surface area contributed by atoms with Crippen LogP contribution in [0.1, 0.15) is 100 Å². The van der Waals surface area contributed by atoms with Gasteiger partial charge in [0.15, 0.2) is 0 Å². The number of hydrogen-bond donors (Lipinski definition) is 3. The molecule has 1 saturated carbocycles. The summed E-state index contributed by atoms with van der Waals surface area (Å²) in [7, 11) is 0.0893. The van der Waals surface area contributed by atoms with Gasteiger partial charge < -0.3 is 24.6 Å². The first kappa shape index (κ1) is 39.3. The summed E-state index contributed by atoms with van der Waals surface area (Å²) in [4.78, 5) is 15.7. The third-order valence-electron chi connectivity index (χ3n) is 9.49. The van der Waals surface area contributed by atoms with Gasteiger partial charge in [-0.15, -0.1) is 0 Å². The third kappa shape index (κ3) is 11.2. The highest BCUT2D eigenvalue weighted by Gasteiger charge is 2.39. The van der Waals surface area contributed by atoms with Crippen LogP contribution in [-0.2, 0) is 22.1 Å². The number of unbranched alkanes of at least 4 members (excludes halogenated alkanes) is 1. The molecule has 0 aromatic heterocycles. The zero-order valence-corrected chi connectivity index (χ0v) is 30.6. The number of carbonyl (C=O) groups excluding carboxylic acids is 1. The molecule has 264 valence electrons. The van der Waals surface area contributed by atoms with Gasteiger partial charge in [0, 0.05) is 56.5 Å². The minimum absolute atomic E-state index is 0.125. The van der Waals surface area contributed by atoms with Crippen molar-refractivity contribution in [1.82, 2.24) is 4.72 Å². The number of anilines is 1. The van der Waals surface area contributed by atoms with Gasteiger partial charge in [0.1, 0.15) is 16.7 Å². The molecule has 1 aliphatic heterocycles. The molecule has 2 aromatic carbocycles. The van der Waals surface area contributed by atoms with Crippen molar-refractivity contribution < 1.29 is 28.7 Å². The number of amides is 1. The van der Waals surface area contributed by atoms with Gasteiger partial charge in [0.25, 0.3) is 5.91 Å². The summed E-state index contributed by atoms with van der Waals surface area (Å²) >= 11 is 6.42. The van der Waals surface area contributed by atoms with E-state index in [0.717, 1.165) is 74.5 Å². The fraction of sp³-hybridized carbons (Fsp3) is 0.649. The lowest BCUT2D eigenvalue weighted by molar-refractivity contribution is 0.0584. The van der Waals surface area contributed by atoms with Crippen LogP contribution in [0.15, 0.2) is 36.4 Å². The van der Waals surface area contributed by atoms with Gasteiger partial charge in [-0.05, 0) is 105 Å². The van der Waals surface area contributed by atoms with Crippen LogP contribution < -0.4 is 14.4 Å². The molecule has 0 bridgehead atoms. The molecule has 6 unspecified atom stereocenters. The predicted molar refractivity (Wildman–Crippen MR) is 193 cm³/mol. The Labute approximate surface area is 290 Å². The van der Waals surface area contributed by atoms with Crippen molar-refractivity contribution in [3.05, 3.63) is 58.1 Å². The van der Waals surface area contributed by atoms with Crippen LogP contribution in [0, 0.1) is 17.8 Å². The maximum absolute atomic E-state index is 13.3. The number of rotatable bonds is 16. The van der Waals surface area contributed by atoms with E-state index in [2.05, 4.69) is 35.6 Å². The molecule has 0 radical (unpaired) electrons. The zero-order chi connectivity index (χ0) is 34.3. The third-order valence-corrected chi connectivity index (χ3v) is 11.1. The molecule has 2 aliphatic rings. The summed E-state index contributed by atoms with van der Waals surface area (Å²) in [5.74, 6) is 1.80. The Morgan fingerprint density at radius 2 is 1.89 bits per heavy atom. The van der Waals surface area contributed by atoms with Crippen LogP contribution in [0.5, 0.6) is 5.75 Å². The number of benzene rings is 2. The molecule has 6 atom stereocenters. The second-order valence-corrected chi connectivity index (χ2v) is 15.0. The standard InChI is InChI=1S/C35H51ClN2O5S.C2H6O/c1-5-7-9-28(22-39)32-13-10-27(32)20-38-21-29(31-14-12-30(36)18-25(31)8-6-2)23-43-34-15-11-26(19-33(34)38)35(40)37-44(41)24(3)16-17-42-4;1-2-3/h11-12,14-15,18-19,24,27-29,32,39H,5-10,13,16-17,20-23H2,1-4H3,(H,37,40);3H,2H2,1H3. The maximum Gasteiger partial charge on any atom is 0.263 e. The van der Waals surface area contributed by atoms with Gasteiger partial charge in [-0.2, -0.15) is 0 Å². The number of halogens is 1. The first-order valence-corrected chi connectivity index (χ1v) is 19.0. The number of methoxy groups -OCH3 is 1. The summed E-state index contributed by atoms with van der Waals surface area (Å²) in [6.45, 7) is 11.0. The number of aryl methyl sites for hydroxylation is 1. The van der Waals surface area contributed by atoms with Crippen molar-refractivity contribution in [2.75, 3.05) is 51.5 Å². The maximum atomic E-state index is 13.3. The molecular formula is C37H57ClN2O6S. The largest absolute Gasteiger partial charge is 0.491 e. The molecule has 1 heterocycles. The smallest absolute Gasteiger partial charge is 0.263 e. The van der Waals surface area contributed by atoms with Gasteiger partial charge in [-0.3, -0.25) is 9.52 Å². The van der Waals surface area contributed by atoms with Crippen LogP contribution in [-0.4, -0.2) is 72.2 Å². The zero-order valence-electron chi connectivity index (χ0n) is 29.0. The minimum Gasteiger partial charge on any atom is -0.491 e. The number of nitrogens with zero attached hydrogens (tertiary/aromatic N) is 1. The number of aliphatic hydroxyl groups is 2. The molecular weight excluding hydrogens is 636 g/mol. The minimum atomic E-state index is -1.52. The highest BCUT2D eigenvalue weighted by molar-refractivity contribution is 7.84. The van der Waals surface area contributed by atoms with Crippen molar-refractivity contribution in [2.24, 2.45) is 17.8 Å². The lowest BCUT2D eigenvalue weighted by Crippen LogP contribution is -2.43. The average Bonchev–Trinajstić information content (AvgIpc) is 3.23. The Morgan fingerprint density at radius 1 is 1.13 bits per heavy atom.